The van der Waals surface area contributed by atoms with Crippen LogP contribution in [0, 0.1) is 11.3 Å². The Morgan fingerprint density at radius 2 is 1.59 bits per heavy atom. The maximum atomic E-state index is 13.4. The molecule has 1 fully saturated rings. The van der Waals surface area contributed by atoms with Crippen LogP contribution < -0.4 is 5.01 Å². The molecular formula is C22H18ClN3O2S. The van der Waals surface area contributed by atoms with Gasteiger partial charge in [-0.05, 0) is 60.5 Å². The highest BCUT2D eigenvalue weighted by molar-refractivity contribution is 7.89. The van der Waals surface area contributed by atoms with Crippen molar-refractivity contribution >= 4 is 27.3 Å². The van der Waals surface area contributed by atoms with E-state index in [4.69, 9.17) is 16.9 Å². The average molecular weight is 424 g/mol. The van der Waals surface area contributed by atoms with Crippen LogP contribution in [0.15, 0.2) is 83.8 Å². The van der Waals surface area contributed by atoms with Gasteiger partial charge in [0.15, 0.2) is 0 Å². The van der Waals surface area contributed by atoms with Crippen LogP contribution in [0.4, 0.5) is 5.69 Å². The minimum absolute atomic E-state index is 0.120. The molecule has 1 aliphatic rings. The number of hydrazine groups is 1. The molecule has 3 aromatic carbocycles. The van der Waals surface area contributed by atoms with Crippen LogP contribution in [-0.2, 0) is 10.0 Å². The number of benzene rings is 3. The summed E-state index contributed by atoms with van der Waals surface area (Å²) in [5, 5.41) is 11.4. The topological polar surface area (TPSA) is 64.4 Å². The van der Waals surface area contributed by atoms with Crippen LogP contribution in [0.3, 0.4) is 0 Å². The molecule has 0 bridgehead atoms. The lowest BCUT2D eigenvalue weighted by Crippen LogP contribution is -2.42. The molecule has 0 N–H and O–H groups in total. The quantitative estimate of drug-likeness (QED) is 0.606. The molecule has 29 heavy (non-hydrogen) atoms. The highest BCUT2D eigenvalue weighted by atomic mass is 35.5. The third-order valence-electron chi connectivity index (χ3n) is 4.96. The zero-order valence-corrected chi connectivity index (χ0v) is 17.0. The normalized spacial score (nSPS) is 17.2. The monoisotopic (exact) mass is 423 g/mol. The Kier molecular flexibility index (Phi) is 5.29. The van der Waals surface area contributed by atoms with E-state index in [1.165, 1.54) is 28.7 Å². The van der Waals surface area contributed by atoms with Gasteiger partial charge in [0.05, 0.1) is 28.3 Å². The summed E-state index contributed by atoms with van der Waals surface area (Å²) >= 11 is 6.05. The molecule has 0 amide bonds. The SMILES string of the molecule is N#Cc1ccc(S(=O)(=O)N2CCC(c3ccccc3)N2c2ccc(Cl)cc2)cc1. The lowest BCUT2D eigenvalue weighted by Gasteiger charge is -2.33. The minimum atomic E-state index is -3.80. The van der Waals surface area contributed by atoms with Gasteiger partial charge in [0.25, 0.3) is 10.0 Å². The van der Waals surface area contributed by atoms with E-state index in [1.54, 1.807) is 12.1 Å². The second kappa shape index (κ2) is 7.88. The Balaban J connectivity index is 1.78. The summed E-state index contributed by atoms with van der Waals surface area (Å²) in [6, 6.07) is 24.9. The summed E-state index contributed by atoms with van der Waals surface area (Å²) in [5.74, 6) is 0. The van der Waals surface area contributed by atoms with Crippen molar-refractivity contribution < 1.29 is 8.42 Å². The van der Waals surface area contributed by atoms with Crippen molar-refractivity contribution in [2.45, 2.75) is 17.4 Å². The Bertz CT molecular complexity index is 1140. The van der Waals surface area contributed by atoms with Gasteiger partial charge in [0, 0.05) is 11.6 Å². The van der Waals surface area contributed by atoms with Crippen LogP contribution in [-0.4, -0.2) is 19.4 Å². The van der Waals surface area contributed by atoms with Crippen LogP contribution in [0.5, 0.6) is 0 Å². The van der Waals surface area contributed by atoms with E-state index in [-0.39, 0.29) is 10.9 Å². The summed E-state index contributed by atoms with van der Waals surface area (Å²) in [6.45, 7) is 0.352. The van der Waals surface area contributed by atoms with Crippen molar-refractivity contribution in [2.75, 3.05) is 11.6 Å². The molecule has 0 aliphatic carbocycles. The molecule has 1 saturated heterocycles. The van der Waals surface area contributed by atoms with Gasteiger partial charge in [-0.2, -0.15) is 5.26 Å². The molecule has 1 unspecified atom stereocenters. The fourth-order valence-electron chi connectivity index (χ4n) is 3.56. The van der Waals surface area contributed by atoms with E-state index >= 15 is 0 Å². The molecule has 5 nitrogen and oxygen atoms in total. The van der Waals surface area contributed by atoms with E-state index in [1.807, 2.05) is 53.5 Å². The molecule has 1 atom stereocenters. The third-order valence-corrected chi connectivity index (χ3v) is 7.00. The molecular weight excluding hydrogens is 406 g/mol. The Labute approximate surface area is 175 Å². The zero-order valence-electron chi connectivity index (χ0n) is 15.4. The summed E-state index contributed by atoms with van der Waals surface area (Å²) in [5.41, 5.74) is 2.21. The molecule has 0 aromatic heterocycles. The summed E-state index contributed by atoms with van der Waals surface area (Å²) in [4.78, 5) is 0.157. The Hall–Kier alpha value is -2.85. The predicted molar refractivity (Wildman–Crippen MR) is 113 cm³/mol. The van der Waals surface area contributed by atoms with Crippen molar-refractivity contribution in [3.63, 3.8) is 0 Å². The molecule has 0 saturated carbocycles. The standard InChI is InChI=1S/C22H18ClN3O2S/c23-19-8-10-20(11-9-19)26-22(18-4-2-1-3-5-18)14-15-25(26)29(27,28)21-12-6-17(16-24)7-13-21/h1-13,22H,14-15H2. The van der Waals surface area contributed by atoms with Gasteiger partial charge in [-0.3, -0.25) is 5.01 Å². The molecule has 1 aliphatic heterocycles. The van der Waals surface area contributed by atoms with Crippen LogP contribution >= 0.6 is 11.6 Å². The maximum absolute atomic E-state index is 13.4. The Morgan fingerprint density at radius 3 is 2.21 bits per heavy atom. The molecule has 0 spiro atoms. The number of halogens is 1. The first kappa shape index (κ1) is 19.5. The van der Waals surface area contributed by atoms with Crippen molar-refractivity contribution in [3.05, 3.63) is 95.0 Å². The third kappa shape index (κ3) is 3.73. The first-order chi connectivity index (χ1) is 14.0. The summed E-state index contributed by atoms with van der Waals surface area (Å²) < 4.78 is 28.3. The van der Waals surface area contributed by atoms with E-state index in [2.05, 4.69) is 0 Å². The average Bonchev–Trinajstić information content (AvgIpc) is 3.21. The fraction of sp³-hybridized carbons (Fsp3) is 0.136. The van der Waals surface area contributed by atoms with E-state index in [0.29, 0.717) is 23.6 Å². The van der Waals surface area contributed by atoms with E-state index in [9.17, 15) is 8.42 Å². The van der Waals surface area contributed by atoms with Gasteiger partial charge < -0.3 is 0 Å². The lowest BCUT2D eigenvalue weighted by molar-refractivity contribution is 0.440. The number of nitriles is 1. The van der Waals surface area contributed by atoms with Crippen LogP contribution in [0.1, 0.15) is 23.6 Å². The lowest BCUT2D eigenvalue weighted by atomic mass is 10.0. The van der Waals surface area contributed by atoms with Crippen LogP contribution in [0.25, 0.3) is 0 Å². The summed E-state index contributed by atoms with van der Waals surface area (Å²) in [6.07, 6.45) is 0.655. The largest absolute Gasteiger partial charge is 0.285 e. The molecule has 4 rings (SSSR count). The highest BCUT2D eigenvalue weighted by Crippen LogP contribution is 2.39. The van der Waals surface area contributed by atoms with Crippen molar-refractivity contribution in [2.24, 2.45) is 0 Å². The Morgan fingerprint density at radius 1 is 0.931 bits per heavy atom. The smallest absolute Gasteiger partial charge is 0.260 e. The van der Waals surface area contributed by atoms with Crippen LogP contribution in [0.2, 0.25) is 5.02 Å². The molecule has 7 heteroatoms. The first-order valence-electron chi connectivity index (χ1n) is 9.13. The van der Waals surface area contributed by atoms with E-state index in [0.717, 1.165) is 11.3 Å². The van der Waals surface area contributed by atoms with E-state index < -0.39 is 10.0 Å². The van der Waals surface area contributed by atoms with Gasteiger partial charge >= 0.3 is 0 Å². The van der Waals surface area contributed by atoms with Crippen molar-refractivity contribution in [1.82, 2.24) is 4.41 Å². The maximum Gasteiger partial charge on any atom is 0.260 e. The predicted octanol–water partition coefficient (Wildman–Crippen LogP) is 4.77. The second-order valence-corrected chi connectivity index (χ2v) is 9.00. The highest BCUT2D eigenvalue weighted by Gasteiger charge is 2.40. The van der Waals surface area contributed by atoms with Gasteiger partial charge in [0.2, 0.25) is 0 Å². The molecule has 1 heterocycles. The molecule has 146 valence electrons. The minimum Gasteiger partial charge on any atom is -0.285 e. The van der Waals surface area contributed by atoms with Gasteiger partial charge in [-0.25, -0.2) is 8.42 Å². The summed E-state index contributed by atoms with van der Waals surface area (Å²) in [7, 11) is -3.80. The molecule has 3 aromatic rings. The second-order valence-electron chi connectivity index (χ2n) is 6.72. The van der Waals surface area contributed by atoms with Gasteiger partial charge in [-0.15, -0.1) is 4.41 Å². The number of anilines is 1. The van der Waals surface area contributed by atoms with Crippen molar-refractivity contribution in [3.8, 4) is 6.07 Å². The number of sulfonamides is 1. The molecule has 0 radical (unpaired) electrons. The first-order valence-corrected chi connectivity index (χ1v) is 10.9. The van der Waals surface area contributed by atoms with Crippen molar-refractivity contribution in [1.29, 1.82) is 5.26 Å². The fourth-order valence-corrected chi connectivity index (χ4v) is 5.20. The number of nitrogens with zero attached hydrogens (tertiary/aromatic N) is 3. The number of rotatable bonds is 4. The zero-order chi connectivity index (χ0) is 20.4. The number of hydrogen-bond donors (Lipinski definition) is 0. The number of hydrogen-bond acceptors (Lipinski definition) is 4. The van der Waals surface area contributed by atoms with Gasteiger partial charge in [0.1, 0.15) is 0 Å². The van der Waals surface area contributed by atoms with Gasteiger partial charge in [-0.1, -0.05) is 41.9 Å².